The Hall–Kier alpha value is -2.49. The quantitative estimate of drug-likeness (QED) is 0.513. The Morgan fingerprint density at radius 3 is 2.42 bits per heavy atom. The van der Waals surface area contributed by atoms with E-state index < -0.39 is 43.9 Å². The number of ether oxygens (including phenoxy) is 2. The second kappa shape index (κ2) is 8.70. The van der Waals surface area contributed by atoms with E-state index in [0.717, 1.165) is 5.56 Å². The third-order valence-electron chi connectivity index (χ3n) is 7.26. The zero-order valence-corrected chi connectivity index (χ0v) is 20.7. The summed E-state index contributed by atoms with van der Waals surface area (Å²) in [5.41, 5.74) is -0.0532. The van der Waals surface area contributed by atoms with Crippen molar-refractivity contribution in [2.24, 2.45) is 11.8 Å². The number of benzene rings is 1. The molecule has 5 atom stereocenters. The summed E-state index contributed by atoms with van der Waals surface area (Å²) in [6, 6.07) is 11.1. The van der Waals surface area contributed by atoms with Crippen molar-refractivity contribution >= 4 is 14.3 Å². The number of carbonyl (C=O) groups excluding carboxylic acids is 1. The molecular weight excluding hydrogens is 440 g/mol. The minimum absolute atomic E-state index is 0.0195. The van der Waals surface area contributed by atoms with Crippen LogP contribution in [0.3, 0.4) is 0 Å². The van der Waals surface area contributed by atoms with Gasteiger partial charge >= 0.3 is 11.7 Å². The van der Waals surface area contributed by atoms with E-state index in [1.165, 1.54) is 16.8 Å². The third-order valence-corrected chi connectivity index (χ3v) is 11.8. The molecule has 0 amide bonds. The number of nitrogens with zero attached hydrogens (tertiary/aromatic N) is 1. The molecule has 0 bridgehead atoms. The maximum absolute atomic E-state index is 13.0. The predicted octanol–water partition coefficient (Wildman–Crippen LogP) is 2.86. The highest BCUT2D eigenvalue weighted by Gasteiger charge is 2.58. The summed E-state index contributed by atoms with van der Waals surface area (Å²) >= 11 is 0. The molecule has 0 spiro atoms. The van der Waals surface area contributed by atoms with Gasteiger partial charge in [0.25, 0.3) is 5.56 Å². The van der Waals surface area contributed by atoms with Crippen molar-refractivity contribution < 1.29 is 18.7 Å². The van der Waals surface area contributed by atoms with Crippen LogP contribution in [-0.4, -0.2) is 42.7 Å². The monoisotopic (exact) mass is 472 g/mol. The molecule has 4 rings (SSSR count). The van der Waals surface area contributed by atoms with E-state index in [1.807, 2.05) is 30.3 Å². The Balaban J connectivity index is 1.65. The lowest BCUT2D eigenvalue weighted by molar-refractivity contribution is -0.153. The lowest BCUT2D eigenvalue weighted by atomic mass is 9.83. The van der Waals surface area contributed by atoms with Crippen LogP contribution >= 0.6 is 0 Å². The van der Waals surface area contributed by atoms with E-state index in [-0.39, 0.29) is 16.9 Å². The van der Waals surface area contributed by atoms with Gasteiger partial charge in [-0.15, -0.1) is 0 Å². The van der Waals surface area contributed by atoms with E-state index in [1.54, 1.807) is 0 Å². The minimum atomic E-state index is -2.07. The fraction of sp³-hybridized carbons (Fsp3) is 0.542. The lowest BCUT2D eigenvalue weighted by Gasteiger charge is -2.37. The normalized spacial score (nSPS) is 27.4. The first kappa shape index (κ1) is 23.7. The van der Waals surface area contributed by atoms with Gasteiger partial charge in [-0.3, -0.25) is 19.1 Å². The number of hydrogen-bond acceptors (Lipinski definition) is 6. The summed E-state index contributed by atoms with van der Waals surface area (Å²) in [6.07, 6.45) is 0.0276. The molecule has 8 nitrogen and oxygen atoms in total. The van der Waals surface area contributed by atoms with Crippen LogP contribution < -0.4 is 11.2 Å². The summed E-state index contributed by atoms with van der Waals surface area (Å²) in [5.74, 6) is -0.975. The minimum Gasteiger partial charge on any atom is -0.457 e. The lowest BCUT2D eigenvalue weighted by Crippen LogP contribution is -2.44. The molecule has 33 heavy (non-hydrogen) atoms. The van der Waals surface area contributed by atoms with Gasteiger partial charge in [0.05, 0.1) is 18.6 Å². The zero-order valence-electron chi connectivity index (χ0n) is 19.7. The van der Waals surface area contributed by atoms with Crippen molar-refractivity contribution in [3.8, 4) is 0 Å². The fourth-order valence-electron chi connectivity index (χ4n) is 4.35. The van der Waals surface area contributed by atoms with Crippen LogP contribution in [0.2, 0.25) is 18.1 Å². The standard InChI is InChI=1S/C24H32N2O6Si/c1-24(2,3)33(4,5)30-14-17-19-16(13-15-9-7-6-8-10-15)22(28)32-20(19)21(31-17)26-12-11-18(27)25-23(26)29/h6-12,16-17,19-21H,13-14H2,1-5H3,(H,25,27,29)/t16-,17+,19+,20+,21+/m0/s1. The van der Waals surface area contributed by atoms with Crippen LogP contribution in [0, 0.1) is 11.8 Å². The molecule has 2 aliphatic rings. The Morgan fingerprint density at radius 2 is 1.79 bits per heavy atom. The Kier molecular flexibility index (Phi) is 6.24. The van der Waals surface area contributed by atoms with Crippen molar-refractivity contribution in [1.29, 1.82) is 0 Å². The number of aromatic amines is 1. The Labute approximate surface area is 194 Å². The van der Waals surface area contributed by atoms with Gasteiger partial charge in [-0.05, 0) is 30.1 Å². The second-order valence-corrected chi connectivity index (χ2v) is 15.2. The first-order valence-corrected chi connectivity index (χ1v) is 14.2. The van der Waals surface area contributed by atoms with Gasteiger partial charge in [-0.25, -0.2) is 4.79 Å². The van der Waals surface area contributed by atoms with Crippen LogP contribution in [0.1, 0.15) is 32.6 Å². The number of esters is 1. The number of rotatable bonds is 6. The fourth-order valence-corrected chi connectivity index (χ4v) is 5.36. The van der Waals surface area contributed by atoms with E-state index in [0.29, 0.717) is 13.0 Å². The van der Waals surface area contributed by atoms with Gasteiger partial charge in [0.15, 0.2) is 20.6 Å². The number of aromatic nitrogens is 2. The number of fused-ring (bicyclic) bond motifs is 1. The molecule has 0 saturated carbocycles. The number of carbonyl (C=O) groups is 1. The molecule has 0 unspecified atom stereocenters. The van der Waals surface area contributed by atoms with E-state index in [4.69, 9.17) is 13.9 Å². The van der Waals surface area contributed by atoms with Gasteiger partial charge in [0.1, 0.15) is 0 Å². The molecule has 2 fully saturated rings. The van der Waals surface area contributed by atoms with Gasteiger partial charge < -0.3 is 13.9 Å². The van der Waals surface area contributed by atoms with Gasteiger partial charge in [-0.1, -0.05) is 51.1 Å². The summed E-state index contributed by atoms with van der Waals surface area (Å²) in [7, 11) is -2.07. The Morgan fingerprint density at radius 1 is 1.09 bits per heavy atom. The highest BCUT2D eigenvalue weighted by Crippen LogP contribution is 2.47. The van der Waals surface area contributed by atoms with Gasteiger partial charge in [0, 0.05) is 18.2 Å². The van der Waals surface area contributed by atoms with Crippen LogP contribution in [0.15, 0.2) is 52.2 Å². The summed E-state index contributed by atoms with van der Waals surface area (Å²) in [4.78, 5) is 39.3. The highest BCUT2D eigenvalue weighted by atomic mass is 28.4. The van der Waals surface area contributed by atoms with Crippen molar-refractivity contribution in [2.75, 3.05) is 6.61 Å². The molecule has 2 saturated heterocycles. The molecular formula is C24H32N2O6Si. The largest absolute Gasteiger partial charge is 0.457 e. The molecule has 1 N–H and O–H groups in total. The topological polar surface area (TPSA) is 99.6 Å². The molecule has 0 radical (unpaired) electrons. The average Bonchev–Trinajstić information content (AvgIpc) is 3.23. The van der Waals surface area contributed by atoms with Gasteiger partial charge in [0.2, 0.25) is 0 Å². The molecule has 2 aromatic rings. The van der Waals surface area contributed by atoms with Crippen LogP contribution in [0.4, 0.5) is 0 Å². The molecule has 0 aliphatic carbocycles. The first-order valence-electron chi connectivity index (χ1n) is 11.3. The van der Waals surface area contributed by atoms with Crippen LogP contribution in [0.25, 0.3) is 0 Å². The Bertz CT molecular complexity index is 1120. The number of hydrogen-bond donors (Lipinski definition) is 1. The second-order valence-electron chi connectivity index (χ2n) is 10.4. The molecule has 1 aromatic carbocycles. The van der Waals surface area contributed by atoms with Crippen LogP contribution in [0.5, 0.6) is 0 Å². The zero-order chi connectivity index (χ0) is 24.0. The SMILES string of the molecule is CC(C)(C)[Si](C)(C)OC[C@H]1O[C@@H](n2ccc(=O)[nH]c2=O)[C@@H]2OC(=O)[C@@H](Cc3ccccc3)[C@@H]21. The van der Waals surface area contributed by atoms with Crippen molar-refractivity contribution in [3.63, 3.8) is 0 Å². The number of H-pyrrole nitrogens is 1. The third kappa shape index (κ3) is 4.62. The predicted molar refractivity (Wildman–Crippen MR) is 125 cm³/mol. The molecule has 2 aliphatic heterocycles. The van der Waals surface area contributed by atoms with Crippen LogP contribution in [-0.2, 0) is 25.1 Å². The van der Waals surface area contributed by atoms with E-state index in [2.05, 4.69) is 38.8 Å². The summed E-state index contributed by atoms with van der Waals surface area (Å²) in [5, 5.41) is 0.0195. The summed E-state index contributed by atoms with van der Waals surface area (Å²) in [6.45, 7) is 11.2. The van der Waals surface area contributed by atoms with Crippen molar-refractivity contribution in [2.45, 2.75) is 63.8 Å². The van der Waals surface area contributed by atoms with E-state index in [9.17, 15) is 14.4 Å². The summed E-state index contributed by atoms with van der Waals surface area (Å²) < 4.78 is 19.9. The molecule has 1 aromatic heterocycles. The first-order chi connectivity index (χ1) is 15.5. The van der Waals surface area contributed by atoms with Crippen molar-refractivity contribution in [1.82, 2.24) is 9.55 Å². The maximum Gasteiger partial charge on any atom is 0.330 e. The molecule has 3 heterocycles. The highest BCUT2D eigenvalue weighted by molar-refractivity contribution is 6.74. The smallest absolute Gasteiger partial charge is 0.330 e. The van der Waals surface area contributed by atoms with E-state index >= 15 is 0 Å². The number of nitrogens with one attached hydrogen (secondary N) is 1. The molecule has 9 heteroatoms. The molecule has 178 valence electrons. The van der Waals surface area contributed by atoms with Gasteiger partial charge in [-0.2, -0.15) is 0 Å². The average molecular weight is 473 g/mol. The van der Waals surface area contributed by atoms with Crippen molar-refractivity contribution in [3.05, 3.63) is 69.0 Å². The maximum atomic E-state index is 13.0.